The normalized spacial score (nSPS) is 21.5. The lowest BCUT2D eigenvalue weighted by Crippen LogP contribution is -2.32. The maximum atomic E-state index is 13.5. The second kappa shape index (κ2) is 6.32. The summed E-state index contributed by atoms with van der Waals surface area (Å²) in [6.45, 7) is -0.0692. The highest BCUT2D eigenvalue weighted by molar-refractivity contribution is 7.89. The van der Waals surface area contributed by atoms with Crippen LogP contribution in [-0.4, -0.2) is 30.5 Å². The van der Waals surface area contributed by atoms with E-state index in [1.54, 1.807) is 6.07 Å². The number of halogens is 1. The van der Waals surface area contributed by atoms with Crippen LogP contribution in [0.3, 0.4) is 0 Å². The number of aliphatic hydroxyl groups is 1. The van der Waals surface area contributed by atoms with Crippen molar-refractivity contribution in [2.24, 2.45) is 0 Å². The minimum Gasteiger partial charge on any atom is -0.392 e. The Morgan fingerprint density at radius 3 is 2.67 bits per heavy atom. The molecular formula is C17H15FN2O3S. The lowest BCUT2D eigenvalue weighted by atomic mass is 10.0. The monoisotopic (exact) mass is 346 g/mol. The molecule has 0 saturated carbocycles. The van der Waals surface area contributed by atoms with Crippen LogP contribution in [0.4, 0.5) is 4.39 Å². The number of hydrogen-bond acceptors (Lipinski definition) is 4. The number of β-amino-alcohol motifs (C(OH)–C–C–N with tert-alkyl or cyclic N) is 1. The smallest absolute Gasteiger partial charge is 0.243 e. The molecule has 0 radical (unpaired) electrons. The molecule has 0 unspecified atom stereocenters. The highest BCUT2D eigenvalue weighted by Crippen LogP contribution is 2.37. The minimum atomic E-state index is -3.91. The summed E-state index contributed by atoms with van der Waals surface area (Å²) in [4.78, 5) is -0.0166. The van der Waals surface area contributed by atoms with Crippen molar-refractivity contribution < 1.29 is 17.9 Å². The molecule has 2 atom stereocenters. The standard InChI is InChI=1S/C17H15FN2O3S/c18-14-5-2-4-13(8-14)17-9-15(21)11-20(17)24(22,23)16-6-1-3-12(7-16)10-19/h1-8,15,17,21H,9,11H2/t15-,17-/m1/s1. The van der Waals surface area contributed by atoms with Crippen LogP contribution in [-0.2, 0) is 10.0 Å². The molecule has 3 rings (SSSR count). The SMILES string of the molecule is N#Cc1cccc(S(=O)(=O)N2C[C@H](O)C[C@@H]2c2cccc(F)c2)c1. The molecular weight excluding hydrogens is 331 g/mol. The Bertz CT molecular complexity index is 908. The zero-order valence-corrected chi connectivity index (χ0v) is 13.4. The lowest BCUT2D eigenvalue weighted by molar-refractivity contribution is 0.188. The van der Waals surface area contributed by atoms with E-state index in [0.29, 0.717) is 5.56 Å². The van der Waals surface area contributed by atoms with Gasteiger partial charge in [0.2, 0.25) is 10.0 Å². The van der Waals surface area contributed by atoms with E-state index in [1.165, 1.54) is 46.8 Å². The molecule has 1 aliphatic heterocycles. The van der Waals surface area contributed by atoms with Gasteiger partial charge < -0.3 is 5.11 Å². The van der Waals surface area contributed by atoms with E-state index in [9.17, 15) is 17.9 Å². The third-order valence-electron chi connectivity index (χ3n) is 4.04. The number of nitrogens with zero attached hydrogens (tertiary/aromatic N) is 2. The second-order valence-corrected chi connectivity index (χ2v) is 7.57. The number of rotatable bonds is 3. The molecule has 0 aromatic heterocycles. The number of hydrogen-bond donors (Lipinski definition) is 1. The average Bonchev–Trinajstić information content (AvgIpc) is 2.98. The summed E-state index contributed by atoms with van der Waals surface area (Å²) < 4.78 is 40.5. The van der Waals surface area contributed by atoms with Crippen LogP contribution in [0.1, 0.15) is 23.6 Å². The first-order valence-corrected chi connectivity index (χ1v) is 8.81. The molecule has 2 aromatic carbocycles. The van der Waals surface area contributed by atoms with Gasteiger partial charge in [0.15, 0.2) is 0 Å². The molecule has 1 N–H and O–H groups in total. The van der Waals surface area contributed by atoms with Crippen molar-refractivity contribution in [2.75, 3.05) is 6.54 Å². The van der Waals surface area contributed by atoms with Crippen molar-refractivity contribution in [1.82, 2.24) is 4.31 Å². The van der Waals surface area contributed by atoms with E-state index >= 15 is 0 Å². The Morgan fingerprint density at radius 1 is 1.21 bits per heavy atom. The first-order chi connectivity index (χ1) is 11.4. The first-order valence-electron chi connectivity index (χ1n) is 7.37. The highest BCUT2D eigenvalue weighted by atomic mass is 32.2. The van der Waals surface area contributed by atoms with Crippen LogP contribution in [0.5, 0.6) is 0 Å². The number of nitriles is 1. The molecule has 1 heterocycles. The molecule has 1 aliphatic rings. The molecule has 0 amide bonds. The van der Waals surface area contributed by atoms with E-state index in [2.05, 4.69) is 0 Å². The molecule has 5 nitrogen and oxygen atoms in total. The van der Waals surface area contributed by atoms with E-state index in [1.807, 2.05) is 6.07 Å². The van der Waals surface area contributed by atoms with Crippen LogP contribution in [0.25, 0.3) is 0 Å². The summed E-state index contributed by atoms with van der Waals surface area (Å²) >= 11 is 0. The molecule has 2 aromatic rings. The summed E-state index contributed by atoms with van der Waals surface area (Å²) in [6.07, 6.45) is -0.632. The van der Waals surface area contributed by atoms with Gasteiger partial charge in [0.1, 0.15) is 5.82 Å². The molecule has 0 aliphatic carbocycles. The predicted molar refractivity (Wildman–Crippen MR) is 84.8 cm³/mol. The van der Waals surface area contributed by atoms with Gasteiger partial charge in [0, 0.05) is 6.54 Å². The van der Waals surface area contributed by atoms with Crippen LogP contribution in [0, 0.1) is 17.1 Å². The van der Waals surface area contributed by atoms with E-state index in [4.69, 9.17) is 5.26 Å². The van der Waals surface area contributed by atoms with Crippen LogP contribution < -0.4 is 0 Å². The van der Waals surface area contributed by atoms with Crippen LogP contribution in [0.2, 0.25) is 0 Å². The number of sulfonamides is 1. The quantitative estimate of drug-likeness (QED) is 0.924. The van der Waals surface area contributed by atoms with Gasteiger partial charge in [-0.1, -0.05) is 18.2 Å². The Kier molecular flexibility index (Phi) is 4.37. The Morgan fingerprint density at radius 2 is 1.96 bits per heavy atom. The van der Waals surface area contributed by atoms with Gasteiger partial charge in [-0.2, -0.15) is 9.57 Å². The molecule has 0 spiro atoms. The van der Waals surface area contributed by atoms with Gasteiger partial charge in [-0.25, -0.2) is 12.8 Å². The van der Waals surface area contributed by atoms with Crippen molar-refractivity contribution in [2.45, 2.75) is 23.5 Å². The number of aliphatic hydroxyl groups excluding tert-OH is 1. The van der Waals surface area contributed by atoms with Gasteiger partial charge in [-0.05, 0) is 42.3 Å². The maximum absolute atomic E-state index is 13.5. The summed E-state index contributed by atoms with van der Waals surface area (Å²) in [6, 6.07) is 12.7. The highest BCUT2D eigenvalue weighted by Gasteiger charge is 2.40. The molecule has 1 saturated heterocycles. The topological polar surface area (TPSA) is 81.4 Å². The van der Waals surface area contributed by atoms with E-state index < -0.39 is 28.0 Å². The predicted octanol–water partition coefficient (Wildman–Crippen LogP) is 2.19. The third-order valence-corrected chi connectivity index (χ3v) is 5.91. The maximum Gasteiger partial charge on any atom is 0.243 e. The Balaban J connectivity index is 2.03. The summed E-state index contributed by atoms with van der Waals surface area (Å²) in [5.74, 6) is -0.460. The fourth-order valence-electron chi connectivity index (χ4n) is 2.93. The lowest BCUT2D eigenvalue weighted by Gasteiger charge is -2.24. The molecule has 124 valence electrons. The minimum absolute atomic E-state index is 0.0166. The zero-order valence-electron chi connectivity index (χ0n) is 12.6. The van der Waals surface area contributed by atoms with Crippen LogP contribution in [0.15, 0.2) is 53.4 Å². The van der Waals surface area contributed by atoms with E-state index in [0.717, 1.165) is 0 Å². The van der Waals surface area contributed by atoms with Crippen molar-refractivity contribution >= 4 is 10.0 Å². The molecule has 0 bridgehead atoms. The van der Waals surface area contributed by atoms with Gasteiger partial charge in [-0.3, -0.25) is 0 Å². The molecule has 1 fully saturated rings. The van der Waals surface area contributed by atoms with Crippen LogP contribution >= 0.6 is 0 Å². The zero-order chi connectivity index (χ0) is 17.3. The fourth-order valence-corrected chi connectivity index (χ4v) is 4.64. The van der Waals surface area contributed by atoms with Crippen molar-refractivity contribution in [3.8, 4) is 6.07 Å². The van der Waals surface area contributed by atoms with Gasteiger partial charge in [0.25, 0.3) is 0 Å². The fraction of sp³-hybridized carbons (Fsp3) is 0.235. The first kappa shape index (κ1) is 16.6. The largest absolute Gasteiger partial charge is 0.392 e. The van der Waals surface area contributed by atoms with Gasteiger partial charge in [-0.15, -0.1) is 0 Å². The van der Waals surface area contributed by atoms with Gasteiger partial charge >= 0.3 is 0 Å². The average molecular weight is 346 g/mol. The summed E-state index contributed by atoms with van der Waals surface area (Å²) in [5, 5.41) is 18.9. The van der Waals surface area contributed by atoms with Crippen molar-refractivity contribution in [3.05, 3.63) is 65.5 Å². The number of benzene rings is 2. The Labute approximate surface area is 139 Å². The van der Waals surface area contributed by atoms with Crippen molar-refractivity contribution in [3.63, 3.8) is 0 Å². The molecule has 24 heavy (non-hydrogen) atoms. The van der Waals surface area contributed by atoms with E-state index in [-0.39, 0.29) is 23.4 Å². The summed E-state index contributed by atoms with van der Waals surface area (Å²) in [7, 11) is -3.91. The Hall–Kier alpha value is -2.27. The molecule has 7 heteroatoms. The van der Waals surface area contributed by atoms with Crippen molar-refractivity contribution in [1.29, 1.82) is 5.26 Å². The summed E-state index contributed by atoms with van der Waals surface area (Å²) in [5.41, 5.74) is 0.727. The second-order valence-electron chi connectivity index (χ2n) is 5.67. The van der Waals surface area contributed by atoms with Gasteiger partial charge in [0.05, 0.1) is 28.7 Å². The third kappa shape index (κ3) is 3.04.